The van der Waals surface area contributed by atoms with Crippen LogP contribution in [0.25, 0.3) is 28.0 Å². The van der Waals surface area contributed by atoms with Crippen molar-refractivity contribution in [2.24, 2.45) is 5.73 Å². The molecule has 1 atom stereocenters. The van der Waals surface area contributed by atoms with E-state index < -0.39 is 6.67 Å². The summed E-state index contributed by atoms with van der Waals surface area (Å²) in [6.07, 6.45) is 3.70. The fourth-order valence-electron chi connectivity index (χ4n) is 3.30. The smallest absolute Gasteiger partial charge is 0.154 e. The molecule has 0 aliphatic carbocycles. The van der Waals surface area contributed by atoms with Crippen molar-refractivity contribution in [2.75, 3.05) is 0 Å². The van der Waals surface area contributed by atoms with Crippen LogP contribution in [0.2, 0.25) is 0 Å². The molecular weight excluding hydrogens is 353 g/mol. The van der Waals surface area contributed by atoms with Gasteiger partial charge in [0.25, 0.3) is 0 Å². The Morgan fingerprint density at radius 1 is 1.07 bits per heavy atom. The molecule has 0 saturated carbocycles. The summed E-state index contributed by atoms with van der Waals surface area (Å²) in [6.45, 7) is 1.51. The lowest BCUT2D eigenvalue weighted by Crippen LogP contribution is -2.11. The number of pyridine rings is 2. The average Bonchev–Trinajstić information content (AvgIpc) is 3.17. The minimum absolute atomic E-state index is 0.0631. The van der Waals surface area contributed by atoms with Crippen molar-refractivity contribution in [3.05, 3.63) is 72.2 Å². The lowest BCUT2D eigenvalue weighted by Gasteiger charge is -2.11. The summed E-state index contributed by atoms with van der Waals surface area (Å²) in [7, 11) is 0. The lowest BCUT2D eigenvalue weighted by atomic mass is 10.1. The summed E-state index contributed by atoms with van der Waals surface area (Å²) >= 11 is 0. The van der Waals surface area contributed by atoms with Crippen LogP contribution >= 0.6 is 0 Å². The summed E-state index contributed by atoms with van der Waals surface area (Å²) in [5, 5.41) is 5.42. The predicted molar refractivity (Wildman–Crippen MR) is 109 cm³/mol. The molecule has 0 bridgehead atoms. The van der Waals surface area contributed by atoms with Gasteiger partial charge >= 0.3 is 0 Å². The molecular formula is C22H22FN5. The zero-order chi connectivity index (χ0) is 19.5. The molecule has 3 aromatic heterocycles. The Morgan fingerprint density at radius 3 is 2.75 bits per heavy atom. The molecule has 2 N–H and O–H groups in total. The maximum atomic E-state index is 13.0. The number of aromatic nitrogens is 4. The molecule has 0 amide bonds. The monoisotopic (exact) mass is 375 g/mol. The van der Waals surface area contributed by atoms with Crippen molar-refractivity contribution >= 4 is 10.9 Å². The highest BCUT2D eigenvalue weighted by Crippen LogP contribution is 2.26. The molecule has 6 heteroatoms. The summed E-state index contributed by atoms with van der Waals surface area (Å²) in [5.41, 5.74) is 10.3. The average molecular weight is 375 g/mol. The van der Waals surface area contributed by atoms with Gasteiger partial charge in [0, 0.05) is 17.0 Å². The second kappa shape index (κ2) is 7.86. The first kappa shape index (κ1) is 18.3. The highest BCUT2D eigenvalue weighted by molar-refractivity contribution is 5.84. The van der Waals surface area contributed by atoms with E-state index >= 15 is 0 Å². The third kappa shape index (κ3) is 3.51. The molecule has 1 unspecified atom stereocenters. The lowest BCUT2D eigenvalue weighted by molar-refractivity contribution is 0.475. The molecule has 0 saturated heterocycles. The van der Waals surface area contributed by atoms with Gasteiger partial charge in [-0.2, -0.15) is 5.10 Å². The number of rotatable bonds is 6. The molecule has 3 heterocycles. The number of hydrogen-bond donors (Lipinski definition) is 1. The Bertz CT molecular complexity index is 1100. The van der Waals surface area contributed by atoms with Crippen molar-refractivity contribution in [2.45, 2.75) is 32.5 Å². The van der Waals surface area contributed by atoms with E-state index in [1.807, 2.05) is 42.5 Å². The number of alkyl halides is 1. The van der Waals surface area contributed by atoms with Crippen LogP contribution in [-0.4, -0.2) is 19.7 Å². The number of nitrogens with two attached hydrogens (primary N) is 1. The highest BCUT2D eigenvalue weighted by Gasteiger charge is 2.11. The second-order valence-corrected chi connectivity index (χ2v) is 6.79. The van der Waals surface area contributed by atoms with Crippen LogP contribution < -0.4 is 5.73 Å². The molecule has 4 rings (SSSR count). The molecule has 142 valence electrons. The molecule has 0 aliphatic rings. The standard InChI is InChI=1S/C22H22FN5/c1-2-5-18(24)20-8-4-7-19(27-20)15-10-11-16-14-25-28(21(16)12-15)22-9-3-6-17(13-23)26-22/h3-4,6-12,14,18H,2,5,13,24H2,1H3. The Balaban J connectivity index is 1.77. The van der Waals surface area contributed by atoms with Crippen LogP contribution in [0.1, 0.15) is 37.2 Å². The zero-order valence-corrected chi connectivity index (χ0v) is 15.7. The third-order valence-corrected chi connectivity index (χ3v) is 4.76. The van der Waals surface area contributed by atoms with Crippen molar-refractivity contribution < 1.29 is 4.39 Å². The van der Waals surface area contributed by atoms with Gasteiger partial charge in [-0.1, -0.05) is 37.6 Å². The van der Waals surface area contributed by atoms with E-state index in [1.165, 1.54) is 0 Å². The van der Waals surface area contributed by atoms with Crippen LogP contribution in [0.5, 0.6) is 0 Å². The Labute approximate surface area is 163 Å². The van der Waals surface area contributed by atoms with Crippen molar-refractivity contribution in [3.63, 3.8) is 0 Å². The number of halogens is 1. The fraction of sp³-hybridized carbons (Fsp3) is 0.227. The molecule has 0 radical (unpaired) electrons. The minimum atomic E-state index is -0.604. The molecule has 0 spiro atoms. The first-order valence-electron chi connectivity index (χ1n) is 9.42. The van der Waals surface area contributed by atoms with Gasteiger partial charge in [-0.05, 0) is 36.8 Å². The molecule has 4 aromatic rings. The van der Waals surface area contributed by atoms with Gasteiger partial charge in [-0.25, -0.2) is 14.1 Å². The van der Waals surface area contributed by atoms with E-state index in [4.69, 9.17) is 10.7 Å². The Morgan fingerprint density at radius 2 is 1.93 bits per heavy atom. The predicted octanol–water partition coefficient (Wildman–Crippen LogP) is 4.75. The van der Waals surface area contributed by atoms with Gasteiger partial charge in [-0.3, -0.25) is 4.98 Å². The van der Waals surface area contributed by atoms with Gasteiger partial charge in [0.15, 0.2) is 5.82 Å². The topological polar surface area (TPSA) is 69.6 Å². The minimum Gasteiger partial charge on any atom is -0.323 e. The summed E-state index contributed by atoms with van der Waals surface area (Å²) in [6, 6.07) is 17.2. The van der Waals surface area contributed by atoms with Crippen LogP contribution in [0.4, 0.5) is 4.39 Å². The van der Waals surface area contributed by atoms with Crippen molar-refractivity contribution in [3.8, 4) is 17.1 Å². The fourth-order valence-corrected chi connectivity index (χ4v) is 3.30. The Hall–Kier alpha value is -3.12. The van der Waals surface area contributed by atoms with Crippen LogP contribution in [0.3, 0.4) is 0 Å². The van der Waals surface area contributed by atoms with Gasteiger partial charge in [0.05, 0.1) is 28.8 Å². The van der Waals surface area contributed by atoms with Gasteiger partial charge in [0.1, 0.15) is 6.67 Å². The first-order chi connectivity index (χ1) is 13.7. The normalized spacial score (nSPS) is 12.4. The number of hydrogen-bond acceptors (Lipinski definition) is 4. The summed E-state index contributed by atoms with van der Waals surface area (Å²) in [4.78, 5) is 9.10. The van der Waals surface area contributed by atoms with E-state index in [0.29, 0.717) is 11.5 Å². The maximum Gasteiger partial charge on any atom is 0.154 e. The van der Waals surface area contributed by atoms with E-state index in [2.05, 4.69) is 17.0 Å². The van der Waals surface area contributed by atoms with Crippen LogP contribution in [0, 0.1) is 0 Å². The maximum absolute atomic E-state index is 13.0. The van der Waals surface area contributed by atoms with Crippen molar-refractivity contribution in [1.29, 1.82) is 0 Å². The van der Waals surface area contributed by atoms with Crippen molar-refractivity contribution in [1.82, 2.24) is 19.7 Å². The van der Waals surface area contributed by atoms with E-state index in [9.17, 15) is 4.39 Å². The molecule has 5 nitrogen and oxygen atoms in total. The Kier molecular flexibility index (Phi) is 5.12. The zero-order valence-electron chi connectivity index (χ0n) is 15.7. The van der Waals surface area contributed by atoms with Crippen LogP contribution in [-0.2, 0) is 6.67 Å². The molecule has 0 fully saturated rings. The van der Waals surface area contributed by atoms with Gasteiger partial charge in [-0.15, -0.1) is 0 Å². The molecule has 0 aliphatic heterocycles. The summed E-state index contributed by atoms with van der Waals surface area (Å²) < 4.78 is 14.7. The second-order valence-electron chi connectivity index (χ2n) is 6.79. The van der Waals surface area contributed by atoms with Gasteiger partial charge in [0.2, 0.25) is 0 Å². The van der Waals surface area contributed by atoms with E-state index in [-0.39, 0.29) is 6.04 Å². The molecule has 1 aromatic carbocycles. The highest BCUT2D eigenvalue weighted by atomic mass is 19.1. The SMILES string of the molecule is CCCC(N)c1cccc(-c2ccc3cnn(-c4cccc(CF)n4)c3c2)n1. The van der Waals surface area contributed by atoms with E-state index in [0.717, 1.165) is 40.7 Å². The number of fused-ring (bicyclic) bond motifs is 1. The number of nitrogens with zero attached hydrogens (tertiary/aromatic N) is 4. The summed E-state index contributed by atoms with van der Waals surface area (Å²) in [5.74, 6) is 0.592. The van der Waals surface area contributed by atoms with E-state index in [1.54, 1.807) is 23.0 Å². The largest absolute Gasteiger partial charge is 0.323 e. The quantitative estimate of drug-likeness (QED) is 0.528. The number of benzene rings is 1. The van der Waals surface area contributed by atoms with Crippen LogP contribution in [0.15, 0.2) is 60.8 Å². The molecule has 28 heavy (non-hydrogen) atoms. The van der Waals surface area contributed by atoms with Gasteiger partial charge < -0.3 is 5.73 Å². The third-order valence-electron chi connectivity index (χ3n) is 4.76. The first-order valence-corrected chi connectivity index (χ1v) is 9.42.